The molecule has 132 valence electrons. The first kappa shape index (κ1) is 18.4. The molecule has 0 bridgehead atoms. The van der Waals surface area contributed by atoms with Gasteiger partial charge in [-0.3, -0.25) is 9.59 Å². The zero-order valence-corrected chi connectivity index (χ0v) is 14.4. The fraction of sp³-hybridized carbons (Fsp3) is 0.263. The van der Waals surface area contributed by atoms with Crippen LogP contribution >= 0.6 is 0 Å². The van der Waals surface area contributed by atoms with Crippen LogP contribution in [0.4, 0.5) is 15.8 Å². The van der Waals surface area contributed by atoms with E-state index in [0.29, 0.717) is 30.0 Å². The summed E-state index contributed by atoms with van der Waals surface area (Å²) in [6.45, 7) is 5.24. The lowest BCUT2D eigenvalue weighted by molar-refractivity contribution is -0.114. The highest BCUT2D eigenvalue weighted by Gasteiger charge is 2.12. The topological polar surface area (TPSA) is 61.4 Å². The molecule has 0 atom stereocenters. The van der Waals surface area contributed by atoms with Crippen LogP contribution in [0.5, 0.6) is 0 Å². The maximum atomic E-state index is 12.8. The van der Waals surface area contributed by atoms with E-state index in [2.05, 4.69) is 10.6 Å². The summed E-state index contributed by atoms with van der Waals surface area (Å²) in [6.07, 6.45) is 0. The Hall–Kier alpha value is -2.89. The van der Waals surface area contributed by atoms with Crippen LogP contribution in [-0.4, -0.2) is 36.3 Å². The Labute approximate surface area is 146 Å². The molecule has 0 aliphatic rings. The van der Waals surface area contributed by atoms with Crippen LogP contribution in [0.3, 0.4) is 0 Å². The molecule has 0 aliphatic carbocycles. The molecule has 0 unspecified atom stereocenters. The molecule has 2 N–H and O–H groups in total. The maximum absolute atomic E-state index is 12.8. The van der Waals surface area contributed by atoms with Gasteiger partial charge in [-0.1, -0.05) is 0 Å². The van der Waals surface area contributed by atoms with Crippen LogP contribution in [0.15, 0.2) is 48.5 Å². The van der Waals surface area contributed by atoms with Crippen molar-refractivity contribution >= 4 is 23.2 Å². The Kier molecular flexibility index (Phi) is 6.51. The van der Waals surface area contributed by atoms with Gasteiger partial charge in [0.1, 0.15) is 5.82 Å². The smallest absolute Gasteiger partial charge is 0.253 e. The second kappa shape index (κ2) is 8.82. The monoisotopic (exact) mass is 343 g/mol. The fourth-order valence-electron chi connectivity index (χ4n) is 2.34. The highest BCUT2D eigenvalue weighted by molar-refractivity contribution is 5.96. The third-order valence-corrected chi connectivity index (χ3v) is 3.76. The van der Waals surface area contributed by atoms with E-state index >= 15 is 0 Å². The van der Waals surface area contributed by atoms with Crippen molar-refractivity contribution in [3.8, 4) is 0 Å². The van der Waals surface area contributed by atoms with E-state index in [4.69, 9.17) is 0 Å². The predicted molar refractivity (Wildman–Crippen MR) is 97.2 cm³/mol. The van der Waals surface area contributed by atoms with E-state index in [9.17, 15) is 14.0 Å². The number of nitrogens with zero attached hydrogens (tertiary/aromatic N) is 1. The van der Waals surface area contributed by atoms with Gasteiger partial charge < -0.3 is 15.5 Å². The van der Waals surface area contributed by atoms with E-state index < -0.39 is 0 Å². The van der Waals surface area contributed by atoms with E-state index in [-0.39, 0.29) is 24.2 Å². The van der Waals surface area contributed by atoms with E-state index in [1.165, 1.54) is 12.1 Å². The average molecular weight is 343 g/mol. The summed E-state index contributed by atoms with van der Waals surface area (Å²) >= 11 is 0. The third-order valence-electron chi connectivity index (χ3n) is 3.76. The second-order valence-corrected chi connectivity index (χ2v) is 5.46. The van der Waals surface area contributed by atoms with Crippen molar-refractivity contribution in [3.63, 3.8) is 0 Å². The Morgan fingerprint density at radius 2 is 1.48 bits per heavy atom. The predicted octanol–water partition coefficient (Wildman–Crippen LogP) is 3.36. The number of nitrogens with one attached hydrogen (secondary N) is 2. The second-order valence-electron chi connectivity index (χ2n) is 5.46. The van der Waals surface area contributed by atoms with Crippen molar-refractivity contribution in [1.29, 1.82) is 0 Å². The summed E-state index contributed by atoms with van der Waals surface area (Å²) < 4.78 is 12.8. The summed E-state index contributed by atoms with van der Waals surface area (Å²) in [6, 6.07) is 12.6. The number of rotatable bonds is 7. The number of anilines is 2. The lowest BCUT2D eigenvalue weighted by atomic mass is 10.1. The normalized spacial score (nSPS) is 10.2. The highest BCUT2D eigenvalue weighted by atomic mass is 19.1. The van der Waals surface area contributed by atoms with Gasteiger partial charge in [-0.15, -0.1) is 0 Å². The Bertz CT molecular complexity index is 710. The van der Waals surface area contributed by atoms with Crippen molar-refractivity contribution in [2.45, 2.75) is 13.8 Å². The number of amides is 2. The van der Waals surface area contributed by atoms with E-state index in [1.54, 1.807) is 41.3 Å². The van der Waals surface area contributed by atoms with Gasteiger partial charge in [-0.25, -0.2) is 4.39 Å². The molecular formula is C19H22FN3O2. The van der Waals surface area contributed by atoms with Crippen LogP contribution in [0.25, 0.3) is 0 Å². The van der Waals surface area contributed by atoms with Crippen LogP contribution in [-0.2, 0) is 4.79 Å². The molecule has 0 aromatic heterocycles. The van der Waals surface area contributed by atoms with Gasteiger partial charge in [0.15, 0.2) is 0 Å². The van der Waals surface area contributed by atoms with Crippen molar-refractivity contribution in [2.75, 3.05) is 30.3 Å². The molecule has 0 fully saturated rings. The van der Waals surface area contributed by atoms with Crippen molar-refractivity contribution < 1.29 is 14.0 Å². The van der Waals surface area contributed by atoms with Crippen molar-refractivity contribution in [3.05, 3.63) is 59.9 Å². The molecule has 5 nitrogen and oxygen atoms in total. The Morgan fingerprint density at radius 1 is 0.920 bits per heavy atom. The number of carbonyl (C=O) groups excluding carboxylic acids is 2. The van der Waals surface area contributed by atoms with Gasteiger partial charge in [-0.2, -0.15) is 0 Å². The largest absolute Gasteiger partial charge is 0.376 e. The summed E-state index contributed by atoms with van der Waals surface area (Å²) in [5.74, 6) is -0.581. The molecule has 0 saturated heterocycles. The minimum atomic E-state index is -0.325. The average Bonchev–Trinajstić information content (AvgIpc) is 2.63. The molecule has 0 radical (unpaired) electrons. The quantitative estimate of drug-likeness (QED) is 0.810. The maximum Gasteiger partial charge on any atom is 0.253 e. The van der Waals surface area contributed by atoms with Gasteiger partial charge in [0.2, 0.25) is 5.91 Å². The minimum Gasteiger partial charge on any atom is -0.376 e. The molecule has 0 heterocycles. The summed E-state index contributed by atoms with van der Waals surface area (Å²) in [5, 5.41) is 5.66. The first-order valence-corrected chi connectivity index (χ1v) is 8.22. The molecule has 2 amide bonds. The number of halogens is 1. The zero-order chi connectivity index (χ0) is 18.2. The third kappa shape index (κ3) is 5.31. The highest BCUT2D eigenvalue weighted by Crippen LogP contribution is 2.12. The standard InChI is InChI=1S/C19H22FN3O2/c1-3-23(4-2)19(25)14-5-9-17(10-6-14)22-18(24)13-21-16-11-7-15(20)8-12-16/h5-12,21H,3-4,13H2,1-2H3,(H,22,24). The fourth-order valence-corrected chi connectivity index (χ4v) is 2.34. The minimum absolute atomic E-state index is 0.0270. The summed E-state index contributed by atoms with van der Waals surface area (Å²) in [7, 11) is 0. The van der Waals surface area contributed by atoms with Gasteiger partial charge in [0.05, 0.1) is 6.54 Å². The number of hydrogen-bond donors (Lipinski definition) is 2. The van der Waals surface area contributed by atoms with Crippen LogP contribution in [0.1, 0.15) is 24.2 Å². The molecule has 0 spiro atoms. The summed E-state index contributed by atoms with van der Waals surface area (Å²) in [5.41, 5.74) is 1.87. The summed E-state index contributed by atoms with van der Waals surface area (Å²) in [4.78, 5) is 25.9. The Morgan fingerprint density at radius 3 is 2.04 bits per heavy atom. The van der Waals surface area contributed by atoms with E-state index in [0.717, 1.165) is 0 Å². The van der Waals surface area contributed by atoms with Gasteiger partial charge in [0.25, 0.3) is 5.91 Å². The zero-order valence-electron chi connectivity index (χ0n) is 14.4. The number of carbonyl (C=O) groups is 2. The molecule has 0 aliphatic heterocycles. The molecule has 2 aromatic carbocycles. The first-order chi connectivity index (χ1) is 12.0. The van der Waals surface area contributed by atoms with Crippen LogP contribution in [0.2, 0.25) is 0 Å². The molecule has 25 heavy (non-hydrogen) atoms. The van der Waals surface area contributed by atoms with Gasteiger partial charge >= 0.3 is 0 Å². The molecule has 2 aromatic rings. The van der Waals surface area contributed by atoms with Gasteiger partial charge in [-0.05, 0) is 62.4 Å². The first-order valence-electron chi connectivity index (χ1n) is 8.22. The number of benzene rings is 2. The molecule has 0 saturated carbocycles. The van der Waals surface area contributed by atoms with Crippen molar-refractivity contribution in [2.24, 2.45) is 0 Å². The lowest BCUT2D eigenvalue weighted by Gasteiger charge is -2.18. The molecule has 2 rings (SSSR count). The molecule has 6 heteroatoms. The van der Waals surface area contributed by atoms with Gasteiger partial charge in [0, 0.05) is 30.0 Å². The van der Waals surface area contributed by atoms with Crippen LogP contribution < -0.4 is 10.6 Å². The van der Waals surface area contributed by atoms with Crippen molar-refractivity contribution in [1.82, 2.24) is 4.90 Å². The number of hydrogen-bond acceptors (Lipinski definition) is 3. The lowest BCUT2D eigenvalue weighted by Crippen LogP contribution is -2.30. The molecular weight excluding hydrogens is 321 g/mol. The van der Waals surface area contributed by atoms with E-state index in [1.807, 2.05) is 13.8 Å². The Balaban J connectivity index is 1.88. The SMILES string of the molecule is CCN(CC)C(=O)c1ccc(NC(=O)CNc2ccc(F)cc2)cc1. The van der Waals surface area contributed by atoms with Crippen LogP contribution in [0, 0.1) is 5.82 Å².